The molecule has 14 heavy (non-hydrogen) atoms. The zero-order valence-corrected chi connectivity index (χ0v) is 11.1. The molecule has 0 spiro atoms. The zero-order chi connectivity index (χ0) is 10.7. The largest absolute Gasteiger partial charge is 0.494 e. The van der Waals surface area contributed by atoms with Gasteiger partial charge in [0.2, 0.25) is 0 Å². The Kier molecular flexibility index (Phi) is 4.13. The summed E-state index contributed by atoms with van der Waals surface area (Å²) < 4.78 is 6.71. The monoisotopic (exact) mass is 320 g/mol. The molecule has 2 nitrogen and oxygen atoms in total. The fraction of sp³-hybridized carbons (Fsp3) is 0.300. The highest BCUT2D eigenvalue weighted by Gasteiger charge is 2.11. The number of ether oxygens (including phenoxy) is 1. The maximum Gasteiger partial charge on any atom is 0.162 e. The van der Waals surface area contributed by atoms with Gasteiger partial charge in [-0.05, 0) is 44.0 Å². The fourth-order valence-corrected chi connectivity index (χ4v) is 2.63. The summed E-state index contributed by atoms with van der Waals surface area (Å²) in [6.07, 6.45) is 0.505. The molecule has 0 heterocycles. The van der Waals surface area contributed by atoms with Gasteiger partial charge >= 0.3 is 0 Å². The topological polar surface area (TPSA) is 26.3 Å². The third-order valence-electron chi connectivity index (χ3n) is 1.85. The van der Waals surface area contributed by atoms with E-state index in [1.165, 1.54) is 0 Å². The highest BCUT2D eigenvalue weighted by molar-refractivity contribution is 9.11. The number of methoxy groups -OCH3 is 1. The Morgan fingerprint density at radius 3 is 2.21 bits per heavy atom. The van der Waals surface area contributed by atoms with Crippen LogP contribution in [0.5, 0.6) is 5.75 Å². The van der Waals surface area contributed by atoms with Crippen LogP contribution in [0.15, 0.2) is 21.1 Å². The first-order valence-electron chi connectivity index (χ1n) is 4.16. The van der Waals surface area contributed by atoms with Crippen LogP contribution in [0, 0.1) is 0 Å². The van der Waals surface area contributed by atoms with Crippen LogP contribution in [0.4, 0.5) is 0 Å². The molecule has 0 N–H and O–H groups in total. The molecule has 0 aromatic heterocycles. The number of hydrogen-bond donors (Lipinski definition) is 0. The average Bonchev–Trinajstić information content (AvgIpc) is 2.16. The fourth-order valence-electron chi connectivity index (χ4n) is 1.12. The van der Waals surface area contributed by atoms with Crippen LogP contribution in [-0.2, 0) is 0 Å². The van der Waals surface area contributed by atoms with E-state index in [2.05, 4.69) is 31.9 Å². The zero-order valence-electron chi connectivity index (χ0n) is 7.93. The molecule has 0 amide bonds. The number of hydrogen-bond acceptors (Lipinski definition) is 2. The maximum atomic E-state index is 11.4. The summed E-state index contributed by atoms with van der Waals surface area (Å²) in [6.45, 7) is 1.84. The number of carbonyl (C=O) groups excluding carboxylic acids is 1. The average molecular weight is 322 g/mol. The first-order chi connectivity index (χ1) is 6.60. The third-order valence-corrected chi connectivity index (χ3v) is 3.02. The van der Waals surface area contributed by atoms with Crippen molar-refractivity contribution in [2.45, 2.75) is 13.3 Å². The molecule has 0 atom stereocenters. The highest BCUT2D eigenvalue weighted by Crippen LogP contribution is 2.34. The van der Waals surface area contributed by atoms with Crippen molar-refractivity contribution in [3.05, 3.63) is 26.6 Å². The van der Waals surface area contributed by atoms with Crippen LogP contribution >= 0.6 is 31.9 Å². The molecule has 1 rings (SSSR count). The van der Waals surface area contributed by atoms with Crippen LogP contribution in [0.3, 0.4) is 0 Å². The summed E-state index contributed by atoms with van der Waals surface area (Å²) >= 11 is 6.70. The van der Waals surface area contributed by atoms with Crippen LogP contribution in [-0.4, -0.2) is 12.9 Å². The minimum absolute atomic E-state index is 0.119. The Balaban J connectivity index is 3.20. The van der Waals surface area contributed by atoms with Gasteiger partial charge in [-0.3, -0.25) is 4.79 Å². The van der Waals surface area contributed by atoms with Crippen molar-refractivity contribution in [3.63, 3.8) is 0 Å². The molecule has 0 radical (unpaired) electrons. The van der Waals surface area contributed by atoms with Gasteiger partial charge in [-0.15, -0.1) is 0 Å². The Morgan fingerprint density at radius 2 is 1.86 bits per heavy atom. The van der Waals surface area contributed by atoms with E-state index in [0.29, 0.717) is 17.7 Å². The number of halogens is 2. The minimum Gasteiger partial charge on any atom is -0.494 e. The lowest BCUT2D eigenvalue weighted by Crippen LogP contribution is -1.97. The van der Waals surface area contributed by atoms with E-state index in [1.807, 2.05) is 6.92 Å². The van der Waals surface area contributed by atoms with E-state index in [4.69, 9.17) is 4.74 Å². The van der Waals surface area contributed by atoms with Crippen LogP contribution in [0.2, 0.25) is 0 Å². The molecule has 0 aliphatic carbocycles. The standard InChI is InChI=1S/C10H10Br2O2/c1-3-9(13)6-4-7(11)10(14-2)8(12)5-6/h4-5H,3H2,1-2H3. The molecule has 0 aliphatic rings. The predicted octanol–water partition coefficient (Wildman–Crippen LogP) is 3.81. The van der Waals surface area contributed by atoms with E-state index >= 15 is 0 Å². The van der Waals surface area contributed by atoms with Crippen molar-refractivity contribution in [2.75, 3.05) is 7.11 Å². The lowest BCUT2D eigenvalue weighted by molar-refractivity contribution is 0.0988. The van der Waals surface area contributed by atoms with E-state index in [1.54, 1.807) is 19.2 Å². The van der Waals surface area contributed by atoms with Gasteiger partial charge in [0.15, 0.2) is 5.78 Å². The molecule has 1 aromatic carbocycles. The molecule has 0 fully saturated rings. The van der Waals surface area contributed by atoms with Gasteiger partial charge < -0.3 is 4.74 Å². The predicted molar refractivity (Wildman–Crippen MR) is 63.0 cm³/mol. The Bertz CT molecular complexity index is 338. The van der Waals surface area contributed by atoms with E-state index in [-0.39, 0.29) is 5.78 Å². The maximum absolute atomic E-state index is 11.4. The second kappa shape index (κ2) is 4.94. The van der Waals surface area contributed by atoms with Gasteiger partial charge in [-0.25, -0.2) is 0 Å². The van der Waals surface area contributed by atoms with Gasteiger partial charge in [0, 0.05) is 12.0 Å². The van der Waals surface area contributed by atoms with Crippen molar-refractivity contribution >= 4 is 37.6 Å². The van der Waals surface area contributed by atoms with Crippen molar-refractivity contribution < 1.29 is 9.53 Å². The highest BCUT2D eigenvalue weighted by atomic mass is 79.9. The summed E-state index contributed by atoms with van der Waals surface area (Å²) in [5.41, 5.74) is 0.687. The number of rotatable bonds is 3. The van der Waals surface area contributed by atoms with Crippen LogP contribution in [0.1, 0.15) is 23.7 Å². The molecule has 0 aliphatic heterocycles. The van der Waals surface area contributed by atoms with Crippen molar-refractivity contribution in [1.29, 1.82) is 0 Å². The molecule has 4 heteroatoms. The number of ketones is 1. The summed E-state index contributed by atoms with van der Waals surface area (Å²) in [5, 5.41) is 0. The van der Waals surface area contributed by atoms with Gasteiger partial charge in [0.1, 0.15) is 5.75 Å². The van der Waals surface area contributed by atoms with Crippen molar-refractivity contribution in [3.8, 4) is 5.75 Å². The van der Waals surface area contributed by atoms with Crippen LogP contribution < -0.4 is 4.74 Å². The number of benzene rings is 1. The Morgan fingerprint density at radius 1 is 1.36 bits per heavy atom. The smallest absolute Gasteiger partial charge is 0.162 e. The molecular weight excluding hydrogens is 312 g/mol. The summed E-state index contributed by atoms with van der Waals surface area (Å²) in [7, 11) is 1.59. The Hall–Kier alpha value is -0.350. The second-order valence-corrected chi connectivity index (χ2v) is 4.46. The first-order valence-corrected chi connectivity index (χ1v) is 5.75. The van der Waals surface area contributed by atoms with E-state index in [9.17, 15) is 4.79 Å². The molecule has 0 unspecified atom stereocenters. The normalized spacial score (nSPS) is 10.0. The van der Waals surface area contributed by atoms with E-state index in [0.717, 1.165) is 8.95 Å². The van der Waals surface area contributed by atoms with Gasteiger partial charge in [0.05, 0.1) is 16.1 Å². The lowest BCUT2D eigenvalue weighted by Gasteiger charge is -2.07. The quantitative estimate of drug-likeness (QED) is 0.791. The second-order valence-electron chi connectivity index (χ2n) is 2.75. The third kappa shape index (κ3) is 2.36. The van der Waals surface area contributed by atoms with E-state index < -0.39 is 0 Å². The summed E-state index contributed by atoms with van der Waals surface area (Å²) in [4.78, 5) is 11.4. The molecule has 1 aromatic rings. The summed E-state index contributed by atoms with van der Waals surface area (Å²) in [6, 6.07) is 3.55. The minimum atomic E-state index is 0.119. The lowest BCUT2D eigenvalue weighted by atomic mass is 10.1. The molecule has 0 saturated heterocycles. The molecule has 0 bridgehead atoms. The van der Waals surface area contributed by atoms with Crippen LogP contribution in [0.25, 0.3) is 0 Å². The molecule has 76 valence electrons. The van der Waals surface area contributed by atoms with Gasteiger partial charge in [-0.1, -0.05) is 6.92 Å². The molecule has 0 saturated carbocycles. The van der Waals surface area contributed by atoms with Crippen molar-refractivity contribution in [2.24, 2.45) is 0 Å². The number of Topliss-reactive ketones (excluding diaryl/α,β-unsaturated/α-hetero) is 1. The SMILES string of the molecule is CCC(=O)c1cc(Br)c(OC)c(Br)c1. The van der Waals surface area contributed by atoms with Crippen molar-refractivity contribution in [1.82, 2.24) is 0 Å². The first kappa shape index (κ1) is 11.7. The van der Waals surface area contributed by atoms with Gasteiger partial charge in [-0.2, -0.15) is 0 Å². The molecular formula is C10H10Br2O2. The van der Waals surface area contributed by atoms with Gasteiger partial charge in [0.25, 0.3) is 0 Å². The summed E-state index contributed by atoms with van der Waals surface area (Å²) in [5.74, 6) is 0.826. The Labute approximate surface area is 99.9 Å². The number of carbonyl (C=O) groups is 1.